The van der Waals surface area contributed by atoms with Crippen LogP contribution in [0.2, 0.25) is 5.02 Å². The molecule has 0 amide bonds. The fraction of sp³-hybridized carbons (Fsp3) is 0.143. The van der Waals surface area contributed by atoms with Crippen molar-refractivity contribution in [1.29, 1.82) is 0 Å². The van der Waals surface area contributed by atoms with Crippen LogP contribution in [0.4, 0.5) is 0 Å². The molecule has 0 saturated carbocycles. The van der Waals surface area contributed by atoms with Crippen molar-refractivity contribution >= 4 is 45.8 Å². The summed E-state index contributed by atoms with van der Waals surface area (Å²) in [7, 11) is 0. The van der Waals surface area contributed by atoms with E-state index in [-0.39, 0.29) is 0 Å². The van der Waals surface area contributed by atoms with Gasteiger partial charge in [-0.15, -0.1) is 11.6 Å². The van der Waals surface area contributed by atoms with Gasteiger partial charge in [0.25, 0.3) is 0 Å². The van der Waals surface area contributed by atoms with Crippen LogP contribution in [0.3, 0.4) is 0 Å². The van der Waals surface area contributed by atoms with Gasteiger partial charge in [-0.1, -0.05) is 23.7 Å². The Bertz CT molecular complexity index is 235. The monoisotopic (exact) mass is 286 g/mol. The average molecular weight is 287 g/mol. The van der Waals surface area contributed by atoms with Crippen LogP contribution in [0.15, 0.2) is 18.2 Å². The van der Waals surface area contributed by atoms with Crippen molar-refractivity contribution in [1.82, 2.24) is 0 Å². The van der Waals surface area contributed by atoms with E-state index in [9.17, 15) is 0 Å². The molecular weight excluding hydrogens is 282 g/mol. The Morgan fingerprint density at radius 2 is 2.10 bits per heavy atom. The Balaban J connectivity index is 3.14. The van der Waals surface area contributed by atoms with Crippen molar-refractivity contribution in [2.45, 2.75) is 5.88 Å². The molecule has 0 fully saturated rings. The third-order valence-corrected chi connectivity index (χ3v) is 3.37. The van der Waals surface area contributed by atoms with E-state index in [4.69, 9.17) is 23.2 Å². The van der Waals surface area contributed by atoms with Gasteiger partial charge < -0.3 is 0 Å². The summed E-state index contributed by atoms with van der Waals surface area (Å²) in [4.78, 5) is 0. The normalized spacial score (nSPS) is 9.90. The Kier molecular flexibility index (Phi) is 3.27. The highest BCUT2D eigenvalue weighted by molar-refractivity contribution is 14.1. The number of hydrogen-bond acceptors (Lipinski definition) is 0. The van der Waals surface area contributed by atoms with Crippen molar-refractivity contribution in [3.8, 4) is 0 Å². The smallest absolute Gasteiger partial charge is 0.0542 e. The number of halogens is 3. The van der Waals surface area contributed by atoms with Crippen LogP contribution in [0.5, 0.6) is 0 Å². The van der Waals surface area contributed by atoms with Gasteiger partial charge in [0.1, 0.15) is 0 Å². The summed E-state index contributed by atoms with van der Waals surface area (Å²) in [6, 6.07) is 5.74. The summed E-state index contributed by atoms with van der Waals surface area (Å²) >= 11 is 13.7. The van der Waals surface area contributed by atoms with Crippen LogP contribution >= 0.6 is 45.8 Å². The average Bonchev–Trinajstić information content (AvgIpc) is 1.95. The van der Waals surface area contributed by atoms with Crippen LogP contribution in [0.1, 0.15) is 5.56 Å². The quantitative estimate of drug-likeness (QED) is 0.546. The molecule has 1 rings (SSSR count). The van der Waals surface area contributed by atoms with Gasteiger partial charge in [0.15, 0.2) is 0 Å². The van der Waals surface area contributed by atoms with Crippen molar-refractivity contribution < 1.29 is 0 Å². The molecule has 0 heterocycles. The van der Waals surface area contributed by atoms with Gasteiger partial charge in [-0.05, 0) is 34.2 Å². The van der Waals surface area contributed by atoms with Gasteiger partial charge in [-0.2, -0.15) is 0 Å². The van der Waals surface area contributed by atoms with E-state index < -0.39 is 0 Å². The number of rotatable bonds is 1. The maximum Gasteiger partial charge on any atom is 0.0542 e. The van der Waals surface area contributed by atoms with Crippen LogP contribution in [0, 0.1) is 3.57 Å². The van der Waals surface area contributed by atoms with Crippen LogP contribution in [-0.2, 0) is 5.88 Å². The summed E-state index contributed by atoms with van der Waals surface area (Å²) in [5, 5.41) is 0.777. The van der Waals surface area contributed by atoms with Gasteiger partial charge in [-0.25, -0.2) is 0 Å². The molecule has 0 spiro atoms. The lowest BCUT2D eigenvalue weighted by Crippen LogP contribution is -1.83. The van der Waals surface area contributed by atoms with Crippen LogP contribution in [-0.4, -0.2) is 0 Å². The molecule has 0 nitrogen and oxygen atoms in total. The third-order valence-electron chi connectivity index (χ3n) is 1.18. The molecule has 0 radical (unpaired) electrons. The molecule has 54 valence electrons. The topological polar surface area (TPSA) is 0 Å². The first-order valence-corrected chi connectivity index (χ1v) is 4.73. The standard InChI is InChI=1S/C7H5Cl2I/c8-4-5-2-1-3-6(9)7(5)10/h1-3H,4H2. The molecule has 0 unspecified atom stereocenters. The lowest BCUT2D eigenvalue weighted by atomic mass is 10.2. The highest BCUT2D eigenvalue weighted by Crippen LogP contribution is 2.22. The number of hydrogen-bond donors (Lipinski definition) is 0. The van der Waals surface area contributed by atoms with Gasteiger partial charge in [0.2, 0.25) is 0 Å². The first kappa shape index (κ1) is 8.62. The first-order valence-electron chi connectivity index (χ1n) is 2.74. The minimum Gasteiger partial charge on any atom is -0.122 e. The SMILES string of the molecule is ClCc1cccc(Cl)c1I. The summed E-state index contributed by atoms with van der Waals surface area (Å²) in [6.07, 6.45) is 0. The third kappa shape index (κ3) is 1.77. The molecule has 0 atom stereocenters. The zero-order valence-corrected chi connectivity index (χ0v) is 8.74. The van der Waals surface area contributed by atoms with Crippen molar-refractivity contribution in [3.63, 3.8) is 0 Å². The number of alkyl halides is 1. The lowest BCUT2D eigenvalue weighted by Gasteiger charge is -1.99. The molecule has 10 heavy (non-hydrogen) atoms. The Labute approximate surface area is 83.7 Å². The van der Waals surface area contributed by atoms with Gasteiger partial charge >= 0.3 is 0 Å². The summed E-state index contributed by atoms with van der Waals surface area (Å²) in [6.45, 7) is 0. The molecule has 0 aromatic heterocycles. The van der Waals surface area contributed by atoms with E-state index in [1.807, 2.05) is 18.2 Å². The first-order chi connectivity index (χ1) is 4.75. The second-order valence-corrected chi connectivity index (χ2v) is 3.60. The van der Waals surface area contributed by atoms with E-state index >= 15 is 0 Å². The summed E-state index contributed by atoms with van der Waals surface area (Å²) < 4.78 is 1.05. The molecule has 1 aromatic rings. The molecule has 0 aliphatic heterocycles. The van der Waals surface area contributed by atoms with Crippen LogP contribution < -0.4 is 0 Å². The number of benzene rings is 1. The second kappa shape index (κ2) is 3.79. The maximum atomic E-state index is 5.83. The molecule has 0 saturated heterocycles. The fourth-order valence-electron chi connectivity index (χ4n) is 0.652. The highest BCUT2D eigenvalue weighted by atomic mass is 127. The van der Waals surface area contributed by atoms with Crippen molar-refractivity contribution in [2.75, 3.05) is 0 Å². The van der Waals surface area contributed by atoms with Crippen molar-refractivity contribution in [3.05, 3.63) is 32.4 Å². The molecular formula is C7H5Cl2I. The minimum absolute atomic E-state index is 0.527. The predicted molar refractivity (Wildman–Crippen MR) is 53.7 cm³/mol. The maximum absolute atomic E-state index is 5.83. The largest absolute Gasteiger partial charge is 0.122 e. The van der Waals surface area contributed by atoms with Crippen molar-refractivity contribution in [2.24, 2.45) is 0 Å². The Morgan fingerprint density at radius 1 is 1.40 bits per heavy atom. The molecule has 1 aromatic carbocycles. The molecule has 0 bridgehead atoms. The lowest BCUT2D eigenvalue weighted by molar-refractivity contribution is 1.37. The Morgan fingerprint density at radius 3 is 2.60 bits per heavy atom. The molecule has 0 N–H and O–H groups in total. The molecule has 0 aliphatic carbocycles. The van der Waals surface area contributed by atoms with Gasteiger partial charge in [-0.3, -0.25) is 0 Å². The minimum atomic E-state index is 0.527. The highest BCUT2D eigenvalue weighted by Gasteiger charge is 2.00. The zero-order valence-electron chi connectivity index (χ0n) is 5.07. The van der Waals surface area contributed by atoms with E-state index in [0.717, 1.165) is 14.2 Å². The van der Waals surface area contributed by atoms with E-state index in [1.165, 1.54) is 0 Å². The second-order valence-electron chi connectivity index (χ2n) is 1.85. The fourth-order valence-corrected chi connectivity index (χ4v) is 1.84. The Hall–Kier alpha value is 0.530. The van der Waals surface area contributed by atoms with Gasteiger partial charge in [0.05, 0.1) is 5.02 Å². The molecule has 3 heteroatoms. The summed E-state index contributed by atoms with van der Waals surface area (Å²) in [5.41, 5.74) is 1.09. The molecule has 0 aliphatic rings. The summed E-state index contributed by atoms with van der Waals surface area (Å²) in [5.74, 6) is 0.527. The predicted octanol–water partition coefficient (Wildman–Crippen LogP) is 3.68. The van der Waals surface area contributed by atoms with Gasteiger partial charge in [0, 0.05) is 9.45 Å². The van der Waals surface area contributed by atoms with E-state index in [1.54, 1.807) is 0 Å². The van der Waals surface area contributed by atoms with E-state index in [2.05, 4.69) is 22.6 Å². The zero-order chi connectivity index (χ0) is 7.56. The van der Waals surface area contributed by atoms with Crippen LogP contribution in [0.25, 0.3) is 0 Å². The van der Waals surface area contributed by atoms with E-state index in [0.29, 0.717) is 5.88 Å².